The minimum Gasteiger partial charge on any atom is -0.481 e. The van der Waals surface area contributed by atoms with Crippen molar-refractivity contribution in [2.24, 2.45) is 5.92 Å². The van der Waals surface area contributed by atoms with Crippen LogP contribution in [0, 0.1) is 5.92 Å². The monoisotopic (exact) mass is 256 g/mol. The third-order valence-corrected chi connectivity index (χ3v) is 3.53. The largest absolute Gasteiger partial charge is 0.481 e. The van der Waals surface area contributed by atoms with Crippen LogP contribution in [0.2, 0.25) is 0 Å². The number of nitrogens with one attached hydrogen (secondary N) is 2. The molecule has 5 nitrogen and oxygen atoms in total. The SMILES string of the molecule is CC1CCCCCC1NC(=O)NCCCC(=O)O. The van der Waals surface area contributed by atoms with E-state index in [1.54, 1.807) is 0 Å². The van der Waals surface area contributed by atoms with E-state index in [2.05, 4.69) is 17.6 Å². The molecule has 0 spiro atoms. The molecule has 2 amide bonds. The molecule has 2 atom stereocenters. The molecule has 1 rings (SSSR count). The zero-order valence-corrected chi connectivity index (χ0v) is 11.1. The molecule has 1 aliphatic rings. The van der Waals surface area contributed by atoms with Gasteiger partial charge in [-0.1, -0.05) is 26.2 Å². The van der Waals surface area contributed by atoms with Crippen LogP contribution in [0.4, 0.5) is 4.79 Å². The van der Waals surface area contributed by atoms with Crippen molar-refractivity contribution in [3.63, 3.8) is 0 Å². The van der Waals surface area contributed by atoms with Crippen molar-refractivity contribution in [2.45, 2.75) is 57.9 Å². The van der Waals surface area contributed by atoms with Crippen molar-refractivity contribution in [1.29, 1.82) is 0 Å². The summed E-state index contributed by atoms with van der Waals surface area (Å²) in [5.41, 5.74) is 0. The molecule has 0 aromatic carbocycles. The fourth-order valence-corrected chi connectivity index (χ4v) is 2.37. The minimum atomic E-state index is -0.824. The van der Waals surface area contributed by atoms with Gasteiger partial charge in [-0.3, -0.25) is 4.79 Å². The first-order valence-electron chi connectivity index (χ1n) is 6.85. The standard InChI is InChI=1S/C13H24N2O3/c1-10-6-3-2-4-7-11(10)15-13(18)14-9-5-8-12(16)17/h10-11H,2-9H2,1H3,(H,16,17)(H2,14,15,18). The predicted molar refractivity (Wildman–Crippen MR) is 69.4 cm³/mol. The van der Waals surface area contributed by atoms with Crippen LogP contribution in [0.1, 0.15) is 51.9 Å². The fourth-order valence-electron chi connectivity index (χ4n) is 2.37. The number of rotatable bonds is 5. The number of hydrogen-bond donors (Lipinski definition) is 3. The van der Waals surface area contributed by atoms with Gasteiger partial charge in [0, 0.05) is 19.0 Å². The predicted octanol–water partition coefficient (Wildman–Crippen LogP) is 2.12. The zero-order chi connectivity index (χ0) is 13.4. The highest BCUT2D eigenvalue weighted by Crippen LogP contribution is 2.22. The van der Waals surface area contributed by atoms with E-state index in [1.807, 2.05) is 0 Å². The Morgan fingerprint density at radius 2 is 1.94 bits per heavy atom. The Morgan fingerprint density at radius 3 is 2.67 bits per heavy atom. The second-order valence-electron chi connectivity index (χ2n) is 5.12. The molecular weight excluding hydrogens is 232 g/mol. The Labute approximate surface area is 108 Å². The maximum absolute atomic E-state index is 11.6. The van der Waals surface area contributed by atoms with Gasteiger partial charge in [-0.25, -0.2) is 4.79 Å². The maximum atomic E-state index is 11.6. The fraction of sp³-hybridized carbons (Fsp3) is 0.846. The molecule has 3 N–H and O–H groups in total. The van der Waals surface area contributed by atoms with Crippen LogP contribution >= 0.6 is 0 Å². The maximum Gasteiger partial charge on any atom is 0.315 e. The molecule has 0 bridgehead atoms. The number of carbonyl (C=O) groups is 2. The molecule has 2 unspecified atom stereocenters. The molecule has 0 saturated heterocycles. The van der Waals surface area contributed by atoms with E-state index in [9.17, 15) is 9.59 Å². The molecule has 0 aromatic rings. The molecule has 1 fully saturated rings. The molecule has 0 aliphatic heterocycles. The molecule has 1 aliphatic carbocycles. The lowest BCUT2D eigenvalue weighted by Gasteiger charge is -2.22. The van der Waals surface area contributed by atoms with Crippen LogP contribution in [0.3, 0.4) is 0 Å². The highest BCUT2D eigenvalue weighted by molar-refractivity contribution is 5.74. The number of urea groups is 1. The third-order valence-electron chi connectivity index (χ3n) is 3.53. The van der Waals surface area contributed by atoms with Crippen molar-refractivity contribution < 1.29 is 14.7 Å². The van der Waals surface area contributed by atoms with Gasteiger partial charge < -0.3 is 15.7 Å². The number of carboxylic acids is 1. The second kappa shape index (κ2) is 7.95. The van der Waals surface area contributed by atoms with Crippen LogP contribution in [-0.2, 0) is 4.79 Å². The van der Waals surface area contributed by atoms with E-state index in [0.29, 0.717) is 18.9 Å². The molecule has 0 heterocycles. The van der Waals surface area contributed by atoms with Crippen molar-refractivity contribution in [3.05, 3.63) is 0 Å². The first-order chi connectivity index (χ1) is 8.59. The third kappa shape index (κ3) is 5.89. The van der Waals surface area contributed by atoms with Crippen molar-refractivity contribution in [1.82, 2.24) is 10.6 Å². The zero-order valence-electron chi connectivity index (χ0n) is 11.1. The van der Waals surface area contributed by atoms with E-state index in [0.717, 1.165) is 6.42 Å². The summed E-state index contributed by atoms with van der Waals surface area (Å²) in [5.74, 6) is -0.299. The first kappa shape index (κ1) is 14.8. The lowest BCUT2D eigenvalue weighted by molar-refractivity contribution is -0.137. The Kier molecular flexibility index (Phi) is 6.54. The second-order valence-corrected chi connectivity index (χ2v) is 5.12. The lowest BCUT2D eigenvalue weighted by atomic mass is 9.97. The van der Waals surface area contributed by atoms with Crippen LogP contribution < -0.4 is 10.6 Å². The number of carbonyl (C=O) groups excluding carboxylic acids is 1. The Morgan fingerprint density at radius 1 is 1.22 bits per heavy atom. The quantitative estimate of drug-likeness (QED) is 0.521. The number of hydrogen-bond acceptors (Lipinski definition) is 2. The Bertz CT molecular complexity index is 281. The highest BCUT2D eigenvalue weighted by atomic mass is 16.4. The van der Waals surface area contributed by atoms with Gasteiger partial charge in [0.25, 0.3) is 0 Å². The average molecular weight is 256 g/mol. The van der Waals surface area contributed by atoms with Gasteiger partial charge in [-0.2, -0.15) is 0 Å². The first-order valence-corrected chi connectivity index (χ1v) is 6.85. The van der Waals surface area contributed by atoms with Crippen LogP contribution in [-0.4, -0.2) is 29.7 Å². The summed E-state index contributed by atoms with van der Waals surface area (Å²) in [5, 5.41) is 14.2. The Hall–Kier alpha value is -1.26. The van der Waals surface area contributed by atoms with Crippen molar-refractivity contribution >= 4 is 12.0 Å². The molecule has 0 aromatic heterocycles. The van der Waals surface area contributed by atoms with Crippen LogP contribution in [0.25, 0.3) is 0 Å². The van der Waals surface area contributed by atoms with E-state index in [1.165, 1.54) is 25.7 Å². The summed E-state index contributed by atoms with van der Waals surface area (Å²) in [6.45, 7) is 2.60. The number of carboxylic acid groups (broad SMARTS) is 1. The van der Waals surface area contributed by atoms with Gasteiger partial charge in [0.05, 0.1) is 0 Å². The molecule has 1 saturated carbocycles. The smallest absolute Gasteiger partial charge is 0.315 e. The van der Waals surface area contributed by atoms with E-state index < -0.39 is 5.97 Å². The topological polar surface area (TPSA) is 78.4 Å². The van der Waals surface area contributed by atoms with Gasteiger partial charge in [-0.05, 0) is 25.2 Å². The molecule has 5 heteroatoms. The summed E-state index contributed by atoms with van der Waals surface area (Å²) < 4.78 is 0. The van der Waals surface area contributed by atoms with Crippen LogP contribution in [0.15, 0.2) is 0 Å². The average Bonchev–Trinajstić information content (AvgIpc) is 2.50. The van der Waals surface area contributed by atoms with Gasteiger partial charge in [0.1, 0.15) is 0 Å². The van der Waals surface area contributed by atoms with E-state index in [4.69, 9.17) is 5.11 Å². The summed E-state index contributed by atoms with van der Waals surface area (Å²) in [7, 11) is 0. The number of amides is 2. The van der Waals surface area contributed by atoms with Crippen molar-refractivity contribution in [2.75, 3.05) is 6.54 Å². The van der Waals surface area contributed by atoms with Crippen LogP contribution in [0.5, 0.6) is 0 Å². The van der Waals surface area contributed by atoms with Gasteiger partial charge in [-0.15, -0.1) is 0 Å². The Balaban J connectivity index is 2.19. The highest BCUT2D eigenvalue weighted by Gasteiger charge is 2.21. The lowest BCUT2D eigenvalue weighted by Crippen LogP contribution is -2.45. The van der Waals surface area contributed by atoms with Gasteiger partial charge in [0.2, 0.25) is 0 Å². The summed E-state index contributed by atoms with van der Waals surface area (Å²) >= 11 is 0. The van der Waals surface area contributed by atoms with Crippen molar-refractivity contribution in [3.8, 4) is 0 Å². The summed E-state index contributed by atoms with van der Waals surface area (Å²) in [4.78, 5) is 22.0. The molecule has 104 valence electrons. The minimum absolute atomic E-state index is 0.0973. The van der Waals surface area contributed by atoms with E-state index >= 15 is 0 Å². The normalized spacial score (nSPS) is 24.1. The van der Waals surface area contributed by atoms with Gasteiger partial charge in [0.15, 0.2) is 0 Å². The molecule has 18 heavy (non-hydrogen) atoms. The summed E-state index contributed by atoms with van der Waals surface area (Å²) in [6.07, 6.45) is 6.47. The molecule has 0 radical (unpaired) electrons. The number of aliphatic carboxylic acids is 1. The summed E-state index contributed by atoms with van der Waals surface area (Å²) in [6, 6.07) is 0.0890. The van der Waals surface area contributed by atoms with E-state index in [-0.39, 0.29) is 18.5 Å². The molecular formula is C13H24N2O3. The van der Waals surface area contributed by atoms with Gasteiger partial charge >= 0.3 is 12.0 Å².